The SMILES string of the molecule is COCCCCN(Cc1ccccc1)C(=O)CC1CC2CCC(C1)N2.Cl. The molecule has 3 rings (SSSR count). The van der Waals surface area contributed by atoms with Crippen molar-refractivity contribution in [1.82, 2.24) is 10.2 Å². The van der Waals surface area contributed by atoms with Crippen LogP contribution in [0.5, 0.6) is 0 Å². The van der Waals surface area contributed by atoms with Crippen molar-refractivity contribution in [3.63, 3.8) is 0 Å². The highest BCUT2D eigenvalue weighted by atomic mass is 35.5. The third kappa shape index (κ3) is 6.26. The maximum absolute atomic E-state index is 13.0. The lowest BCUT2D eigenvalue weighted by atomic mass is 9.89. The summed E-state index contributed by atoms with van der Waals surface area (Å²) in [5, 5.41) is 3.67. The molecule has 0 aliphatic carbocycles. The summed E-state index contributed by atoms with van der Waals surface area (Å²) in [6.45, 7) is 2.32. The molecule has 2 bridgehead atoms. The fourth-order valence-corrected chi connectivity index (χ4v) is 4.36. The Hall–Kier alpha value is -1.10. The molecule has 2 unspecified atom stereocenters. The Bertz CT molecular complexity index is 528. The summed E-state index contributed by atoms with van der Waals surface area (Å²) in [6.07, 6.45) is 7.65. The van der Waals surface area contributed by atoms with Gasteiger partial charge in [0.1, 0.15) is 0 Å². The highest BCUT2D eigenvalue weighted by Crippen LogP contribution is 2.33. The van der Waals surface area contributed by atoms with E-state index in [4.69, 9.17) is 4.74 Å². The van der Waals surface area contributed by atoms with Crippen molar-refractivity contribution in [2.24, 2.45) is 5.92 Å². The smallest absolute Gasteiger partial charge is 0.223 e. The Balaban J connectivity index is 0.00000243. The summed E-state index contributed by atoms with van der Waals surface area (Å²) >= 11 is 0. The number of benzene rings is 1. The first-order valence-corrected chi connectivity index (χ1v) is 9.81. The molecular formula is C21H33ClN2O2. The average molecular weight is 381 g/mol. The van der Waals surface area contributed by atoms with E-state index in [0.29, 0.717) is 30.3 Å². The van der Waals surface area contributed by atoms with E-state index in [1.54, 1.807) is 7.11 Å². The van der Waals surface area contributed by atoms with Crippen molar-refractivity contribution in [3.8, 4) is 0 Å². The number of carbonyl (C=O) groups excluding carboxylic acids is 1. The lowest BCUT2D eigenvalue weighted by molar-refractivity contribution is -0.133. The zero-order chi connectivity index (χ0) is 17.5. The number of hydrogen-bond donors (Lipinski definition) is 1. The highest BCUT2D eigenvalue weighted by Gasteiger charge is 2.34. The molecule has 1 aromatic carbocycles. The van der Waals surface area contributed by atoms with Gasteiger partial charge in [0.05, 0.1) is 0 Å². The number of fused-ring (bicyclic) bond motifs is 2. The summed E-state index contributed by atoms with van der Waals surface area (Å²) in [7, 11) is 1.73. The number of carbonyl (C=O) groups is 1. The van der Waals surface area contributed by atoms with Crippen molar-refractivity contribution in [2.45, 2.75) is 63.6 Å². The van der Waals surface area contributed by atoms with Crippen molar-refractivity contribution in [3.05, 3.63) is 35.9 Å². The first-order valence-electron chi connectivity index (χ1n) is 9.81. The molecule has 2 aliphatic heterocycles. The fourth-order valence-electron chi connectivity index (χ4n) is 4.36. The fraction of sp³-hybridized carbons (Fsp3) is 0.667. The van der Waals surface area contributed by atoms with Gasteiger partial charge in [0.15, 0.2) is 0 Å². The van der Waals surface area contributed by atoms with E-state index in [2.05, 4.69) is 22.3 Å². The van der Waals surface area contributed by atoms with Crippen LogP contribution in [0.25, 0.3) is 0 Å². The van der Waals surface area contributed by atoms with E-state index in [1.165, 1.54) is 31.2 Å². The van der Waals surface area contributed by atoms with E-state index in [9.17, 15) is 4.79 Å². The highest BCUT2D eigenvalue weighted by molar-refractivity contribution is 5.85. The molecule has 4 nitrogen and oxygen atoms in total. The monoisotopic (exact) mass is 380 g/mol. The molecule has 0 aromatic heterocycles. The van der Waals surface area contributed by atoms with E-state index < -0.39 is 0 Å². The maximum Gasteiger partial charge on any atom is 0.223 e. The molecule has 0 saturated carbocycles. The third-order valence-corrected chi connectivity index (χ3v) is 5.63. The molecule has 2 aliphatic rings. The molecule has 0 spiro atoms. The minimum absolute atomic E-state index is 0. The molecule has 2 heterocycles. The molecule has 2 fully saturated rings. The van der Waals surface area contributed by atoms with Gasteiger partial charge in [-0.15, -0.1) is 12.4 Å². The zero-order valence-corrected chi connectivity index (χ0v) is 16.7. The lowest BCUT2D eigenvalue weighted by Crippen LogP contribution is -2.40. The van der Waals surface area contributed by atoms with Gasteiger partial charge in [0.2, 0.25) is 5.91 Å². The minimum Gasteiger partial charge on any atom is -0.385 e. The van der Waals surface area contributed by atoms with Gasteiger partial charge in [-0.25, -0.2) is 0 Å². The van der Waals surface area contributed by atoms with Gasteiger partial charge in [-0.3, -0.25) is 4.79 Å². The van der Waals surface area contributed by atoms with Crippen LogP contribution in [0, 0.1) is 5.92 Å². The number of amides is 1. The normalized spacial score (nSPS) is 24.1. The summed E-state index contributed by atoms with van der Waals surface area (Å²) < 4.78 is 5.14. The number of methoxy groups -OCH3 is 1. The third-order valence-electron chi connectivity index (χ3n) is 5.63. The molecule has 146 valence electrons. The Kier molecular flexibility index (Phi) is 8.89. The van der Waals surface area contributed by atoms with Crippen LogP contribution < -0.4 is 5.32 Å². The molecule has 1 aromatic rings. The number of ether oxygens (including phenoxy) is 1. The second-order valence-electron chi connectivity index (χ2n) is 7.68. The van der Waals surface area contributed by atoms with Crippen molar-refractivity contribution < 1.29 is 9.53 Å². The van der Waals surface area contributed by atoms with Crippen LogP contribution >= 0.6 is 12.4 Å². The van der Waals surface area contributed by atoms with Crippen LogP contribution in [0.4, 0.5) is 0 Å². The second kappa shape index (κ2) is 10.9. The van der Waals surface area contributed by atoms with E-state index in [1.807, 2.05) is 18.2 Å². The lowest BCUT2D eigenvalue weighted by Gasteiger charge is -2.31. The van der Waals surface area contributed by atoms with Gasteiger partial charge < -0.3 is 15.0 Å². The maximum atomic E-state index is 13.0. The van der Waals surface area contributed by atoms with E-state index >= 15 is 0 Å². The van der Waals surface area contributed by atoms with Crippen LogP contribution in [0.3, 0.4) is 0 Å². The first-order chi connectivity index (χ1) is 12.2. The first kappa shape index (κ1) is 21.2. The number of piperidine rings is 1. The number of nitrogens with zero attached hydrogens (tertiary/aromatic N) is 1. The largest absolute Gasteiger partial charge is 0.385 e. The Morgan fingerprint density at radius 3 is 2.50 bits per heavy atom. The van der Waals surface area contributed by atoms with Gasteiger partial charge in [0, 0.05) is 45.3 Å². The van der Waals surface area contributed by atoms with Crippen LogP contribution in [-0.4, -0.2) is 43.2 Å². The molecule has 5 heteroatoms. The number of rotatable bonds is 9. The summed E-state index contributed by atoms with van der Waals surface area (Å²) in [4.78, 5) is 15.1. The molecule has 26 heavy (non-hydrogen) atoms. The number of halogens is 1. The summed E-state index contributed by atoms with van der Waals surface area (Å²) in [5.74, 6) is 0.885. The molecule has 0 radical (unpaired) electrons. The van der Waals surface area contributed by atoms with Gasteiger partial charge in [-0.1, -0.05) is 30.3 Å². The quantitative estimate of drug-likeness (QED) is 0.663. The number of unbranched alkanes of at least 4 members (excludes halogenated alkanes) is 1. The van der Waals surface area contributed by atoms with Gasteiger partial charge in [-0.05, 0) is 50.0 Å². The Morgan fingerprint density at radius 2 is 1.85 bits per heavy atom. The van der Waals surface area contributed by atoms with Crippen LogP contribution in [0.1, 0.15) is 50.5 Å². The number of nitrogens with one attached hydrogen (secondary N) is 1. The van der Waals surface area contributed by atoms with Crippen molar-refractivity contribution in [1.29, 1.82) is 0 Å². The minimum atomic E-state index is 0. The van der Waals surface area contributed by atoms with Crippen LogP contribution in [0.15, 0.2) is 30.3 Å². The van der Waals surface area contributed by atoms with E-state index in [0.717, 1.165) is 32.5 Å². The Morgan fingerprint density at radius 1 is 1.15 bits per heavy atom. The molecule has 2 saturated heterocycles. The van der Waals surface area contributed by atoms with Crippen LogP contribution in [0.2, 0.25) is 0 Å². The number of hydrogen-bond acceptors (Lipinski definition) is 3. The standard InChI is InChI=1S/C21H32N2O2.ClH/c1-25-12-6-5-11-23(16-17-7-3-2-4-8-17)21(24)15-18-13-19-9-10-20(14-18)22-19;/h2-4,7-8,18-20,22H,5-6,9-16H2,1H3;1H. The summed E-state index contributed by atoms with van der Waals surface area (Å²) in [5.41, 5.74) is 1.22. The summed E-state index contributed by atoms with van der Waals surface area (Å²) in [6, 6.07) is 11.7. The van der Waals surface area contributed by atoms with E-state index in [-0.39, 0.29) is 12.4 Å². The molecule has 1 amide bonds. The molecule has 2 atom stereocenters. The predicted molar refractivity (Wildman–Crippen MR) is 108 cm³/mol. The molecule has 1 N–H and O–H groups in total. The topological polar surface area (TPSA) is 41.6 Å². The average Bonchev–Trinajstić information content (AvgIpc) is 2.97. The van der Waals surface area contributed by atoms with Gasteiger partial charge in [-0.2, -0.15) is 0 Å². The second-order valence-corrected chi connectivity index (χ2v) is 7.68. The predicted octanol–water partition coefficient (Wildman–Crippen LogP) is 3.78. The van der Waals surface area contributed by atoms with Gasteiger partial charge >= 0.3 is 0 Å². The Labute approximate surface area is 164 Å². The zero-order valence-electron chi connectivity index (χ0n) is 15.9. The molecular weight excluding hydrogens is 348 g/mol. The van der Waals surface area contributed by atoms with Gasteiger partial charge in [0.25, 0.3) is 0 Å². The van der Waals surface area contributed by atoms with Crippen molar-refractivity contribution in [2.75, 3.05) is 20.3 Å². The van der Waals surface area contributed by atoms with Crippen molar-refractivity contribution >= 4 is 18.3 Å². The van der Waals surface area contributed by atoms with Crippen LogP contribution in [-0.2, 0) is 16.1 Å².